The van der Waals surface area contributed by atoms with Gasteiger partial charge in [-0.2, -0.15) is 0 Å². The molecule has 0 radical (unpaired) electrons. The number of carbonyl (C=O) groups is 1. The van der Waals surface area contributed by atoms with Crippen LogP contribution in [-0.2, 0) is 0 Å². The van der Waals surface area contributed by atoms with Gasteiger partial charge in [-0.3, -0.25) is 4.79 Å². The second-order valence-corrected chi connectivity index (χ2v) is 5.76. The molecule has 2 heterocycles. The SMILES string of the molecule is C[C@@H]1CCC[C@H](C)N1C(=O)c1nnc(Cl)s1. The first-order valence-corrected chi connectivity index (χ1v) is 6.60. The van der Waals surface area contributed by atoms with Crippen LogP contribution in [0.15, 0.2) is 0 Å². The number of likely N-dealkylation sites (tertiary alicyclic amines) is 1. The molecular formula is C10H14ClN3OS. The molecule has 1 aromatic rings. The number of halogens is 1. The molecule has 1 saturated heterocycles. The largest absolute Gasteiger partial charge is 0.331 e. The van der Waals surface area contributed by atoms with Crippen molar-refractivity contribution in [1.82, 2.24) is 15.1 Å². The molecule has 0 saturated carbocycles. The number of piperidine rings is 1. The molecule has 0 bridgehead atoms. The van der Waals surface area contributed by atoms with Crippen molar-refractivity contribution in [2.24, 2.45) is 0 Å². The van der Waals surface area contributed by atoms with Crippen LogP contribution in [0, 0.1) is 0 Å². The fourth-order valence-electron chi connectivity index (χ4n) is 2.22. The molecule has 6 heteroatoms. The van der Waals surface area contributed by atoms with Gasteiger partial charge in [0.1, 0.15) is 0 Å². The molecule has 0 spiro atoms. The smallest absolute Gasteiger partial charge is 0.285 e. The van der Waals surface area contributed by atoms with E-state index in [1.165, 1.54) is 6.42 Å². The minimum Gasteiger partial charge on any atom is -0.331 e. The van der Waals surface area contributed by atoms with E-state index in [4.69, 9.17) is 11.6 Å². The summed E-state index contributed by atoms with van der Waals surface area (Å²) in [6, 6.07) is 0.554. The number of carbonyl (C=O) groups excluding carboxylic acids is 1. The van der Waals surface area contributed by atoms with Crippen molar-refractivity contribution in [1.29, 1.82) is 0 Å². The van der Waals surface area contributed by atoms with Crippen molar-refractivity contribution in [3.05, 3.63) is 9.47 Å². The molecule has 1 fully saturated rings. The standard InChI is InChI=1S/C10H14ClN3OS/c1-6-4-3-5-7(2)14(6)9(15)8-12-13-10(11)16-8/h6-7H,3-5H2,1-2H3/t6-,7+. The lowest BCUT2D eigenvalue weighted by molar-refractivity contribution is 0.0509. The number of nitrogens with zero attached hydrogens (tertiary/aromatic N) is 3. The maximum Gasteiger partial charge on any atom is 0.285 e. The number of hydrogen-bond donors (Lipinski definition) is 0. The average molecular weight is 260 g/mol. The van der Waals surface area contributed by atoms with E-state index < -0.39 is 0 Å². The summed E-state index contributed by atoms with van der Waals surface area (Å²) >= 11 is 6.84. The quantitative estimate of drug-likeness (QED) is 0.779. The summed E-state index contributed by atoms with van der Waals surface area (Å²) in [6.45, 7) is 4.16. The monoisotopic (exact) mass is 259 g/mol. The highest BCUT2D eigenvalue weighted by atomic mass is 35.5. The molecule has 0 unspecified atom stereocenters. The summed E-state index contributed by atoms with van der Waals surface area (Å²) in [5.41, 5.74) is 0. The van der Waals surface area contributed by atoms with E-state index in [1.807, 2.05) is 4.90 Å². The Hall–Kier alpha value is -0.680. The summed E-state index contributed by atoms with van der Waals surface area (Å²) in [6.07, 6.45) is 3.30. The van der Waals surface area contributed by atoms with Crippen molar-refractivity contribution in [3.63, 3.8) is 0 Å². The van der Waals surface area contributed by atoms with Crippen molar-refractivity contribution in [2.75, 3.05) is 0 Å². The van der Waals surface area contributed by atoms with Gasteiger partial charge in [0.2, 0.25) is 9.47 Å². The van der Waals surface area contributed by atoms with Crippen molar-refractivity contribution in [3.8, 4) is 0 Å². The van der Waals surface area contributed by atoms with Crippen LogP contribution in [0.5, 0.6) is 0 Å². The molecule has 2 rings (SSSR count). The summed E-state index contributed by atoms with van der Waals surface area (Å²) in [5.74, 6) is -0.0379. The Labute approximate surface area is 104 Å². The normalized spacial score (nSPS) is 25.8. The highest BCUT2D eigenvalue weighted by Crippen LogP contribution is 2.26. The van der Waals surface area contributed by atoms with Crippen LogP contribution in [0.3, 0.4) is 0 Å². The van der Waals surface area contributed by atoms with Crippen LogP contribution < -0.4 is 0 Å². The summed E-state index contributed by atoms with van der Waals surface area (Å²) in [7, 11) is 0. The van der Waals surface area contributed by atoms with Crippen molar-refractivity contribution >= 4 is 28.8 Å². The van der Waals surface area contributed by atoms with Gasteiger partial charge in [-0.05, 0) is 44.7 Å². The fourth-order valence-corrected chi connectivity index (χ4v) is 3.00. The third kappa shape index (κ3) is 2.20. The summed E-state index contributed by atoms with van der Waals surface area (Å²) in [5, 5.41) is 7.87. The Bertz CT molecular complexity index is 385. The minimum absolute atomic E-state index is 0.0379. The lowest BCUT2D eigenvalue weighted by Crippen LogP contribution is -2.47. The van der Waals surface area contributed by atoms with Gasteiger partial charge in [0.25, 0.3) is 5.91 Å². The molecule has 0 aromatic carbocycles. The molecule has 0 aliphatic carbocycles. The van der Waals surface area contributed by atoms with E-state index in [1.54, 1.807) is 0 Å². The molecule has 1 aliphatic heterocycles. The van der Waals surface area contributed by atoms with Gasteiger partial charge >= 0.3 is 0 Å². The van der Waals surface area contributed by atoms with Crippen molar-refractivity contribution < 1.29 is 4.79 Å². The predicted molar refractivity (Wildman–Crippen MR) is 63.9 cm³/mol. The second kappa shape index (κ2) is 4.67. The predicted octanol–water partition coefficient (Wildman–Crippen LogP) is 2.59. The van der Waals surface area contributed by atoms with Gasteiger partial charge in [-0.15, -0.1) is 10.2 Å². The third-order valence-corrected chi connectivity index (χ3v) is 4.02. The van der Waals surface area contributed by atoms with E-state index in [-0.39, 0.29) is 18.0 Å². The van der Waals surface area contributed by atoms with Gasteiger partial charge in [0.15, 0.2) is 0 Å². The van der Waals surface area contributed by atoms with Gasteiger partial charge in [-0.1, -0.05) is 11.3 Å². The Morgan fingerprint density at radius 3 is 2.50 bits per heavy atom. The maximum atomic E-state index is 12.2. The molecule has 4 nitrogen and oxygen atoms in total. The van der Waals surface area contributed by atoms with Crippen LogP contribution in [0.1, 0.15) is 42.9 Å². The molecule has 16 heavy (non-hydrogen) atoms. The lowest BCUT2D eigenvalue weighted by atomic mass is 9.97. The number of amides is 1. The zero-order valence-corrected chi connectivity index (χ0v) is 10.9. The molecule has 1 amide bonds. The van der Waals surface area contributed by atoms with Crippen LogP contribution in [0.2, 0.25) is 4.47 Å². The van der Waals surface area contributed by atoms with E-state index in [0.29, 0.717) is 9.47 Å². The Balaban J connectivity index is 2.19. The van der Waals surface area contributed by atoms with Crippen LogP contribution in [0.25, 0.3) is 0 Å². The zero-order valence-electron chi connectivity index (χ0n) is 9.31. The van der Waals surface area contributed by atoms with E-state index in [0.717, 1.165) is 24.2 Å². The maximum absolute atomic E-state index is 12.2. The van der Waals surface area contributed by atoms with Crippen LogP contribution >= 0.6 is 22.9 Å². The van der Waals surface area contributed by atoms with E-state index in [2.05, 4.69) is 24.0 Å². The minimum atomic E-state index is -0.0379. The summed E-state index contributed by atoms with van der Waals surface area (Å²) in [4.78, 5) is 14.1. The van der Waals surface area contributed by atoms with Gasteiger partial charge in [-0.25, -0.2) is 0 Å². The number of hydrogen-bond acceptors (Lipinski definition) is 4. The molecule has 0 N–H and O–H groups in total. The average Bonchev–Trinajstić information content (AvgIpc) is 2.64. The zero-order chi connectivity index (χ0) is 11.7. The third-order valence-electron chi connectivity index (χ3n) is 3.01. The first kappa shape index (κ1) is 11.8. The fraction of sp³-hybridized carbons (Fsp3) is 0.700. The molecule has 2 atom stereocenters. The van der Waals surface area contributed by atoms with Gasteiger partial charge in [0, 0.05) is 12.1 Å². The number of aromatic nitrogens is 2. The van der Waals surface area contributed by atoms with Crippen LogP contribution in [-0.4, -0.2) is 33.1 Å². The molecular weight excluding hydrogens is 246 g/mol. The molecule has 88 valence electrons. The second-order valence-electron chi connectivity index (χ2n) is 4.20. The molecule has 1 aromatic heterocycles. The first-order chi connectivity index (χ1) is 7.59. The lowest BCUT2D eigenvalue weighted by Gasteiger charge is -2.38. The highest BCUT2D eigenvalue weighted by molar-refractivity contribution is 7.17. The molecule has 1 aliphatic rings. The summed E-state index contributed by atoms with van der Waals surface area (Å²) < 4.78 is 0.320. The Morgan fingerprint density at radius 2 is 2.00 bits per heavy atom. The highest BCUT2D eigenvalue weighted by Gasteiger charge is 2.31. The van der Waals surface area contributed by atoms with Crippen LogP contribution in [0.4, 0.5) is 0 Å². The Morgan fingerprint density at radius 1 is 1.38 bits per heavy atom. The van der Waals surface area contributed by atoms with Gasteiger partial charge < -0.3 is 4.90 Å². The van der Waals surface area contributed by atoms with E-state index >= 15 is 0 Å². The Kier molecular flexibility index (Phi) is 3.44. The topological polar surface area (TPSA) is 46.1 Å². The van der Waals surface area contributed by atoms with E-state index in [9.17, 15) is 4.79 Å². The number of rotatable bonds is 1. The van der Waals surface area contributed by atoms with Gasteiger partial charge in [0.05, 0.1) is 0 Å². The van der Waals surface area contributed by atoms with Crippen molar-refractivity contribution in [2.45, 2.75) is 45.2 Å². The first-order valence-electron chi connectivity index (χ1n) is 5.41.